The highest BCUT2D eigenvalue weighted by Gasteiger charge is 2.06. The van der Waals surface area contributed by atoms with Crippen molar-refractivity contribution in [2.75, 3.05) is 7.11 Å². The Morgan fingerprint density at radius 3 is 2.60 bits per heavy atom. The third-order valence-electron chi connectivity index (χ3n) is 3.79. The van der Waals surface area contributed by atoms with Gasteiger partial charge in [-0.2, -0.15) is 0 Å². The second kappa shape index (κ2) is 7.00. The Kier molecular flexibility index (Phi) is 4.61. The number of hydrogen-bond donors (Lipinski definition) is 0. The van der Waals surface area contributed by atoms with Crippen LogP contribution in [0.2, 0.25) is 0 Å². The fourth-order valence-corrected chi connectivity index (χ4v) is 2.53. The summed E-state index contributed by atoms with van der Waals surface area (Å²) in [6, 6.07) is 16.0. The molecule has 0 atom stereocenters. The van der Waals surface area contributed by atoms with Crippen LogP contribution in [0.15, 0.2) is 65.8 Å². The Morgan fingerprint density at radius 1 is 1.16 bits per heavy atom. The lowest BCUT2D eigenvalue weighted by Crippen LogP contribution is -1.94. The second-order valence-corrected chi connectivity index (χ2v) is 5.52. The molecule has 0 N–H and O–H groups in total. The molecule has 2 aromatic carbocycles. The van der Waals surface area contributed by atoms with Crippen LogP contribution in [0, 0.1) is 17.0 Å². The van der Waals surface area contributed by atoms with Crippen molar-refractivity contribution in [2.45, 2.75) is 6.92 Å². The number of nitro benzene ring substituents is 1. The molecule has 0 unspecified atom stereocenters. The zero-order valence-corrected chi connectivity index (χ0v) is 13.9. The summed E-state index contributed by atoms with van der Waals surface area (Å²) in [4.78, 5) is 14.7. The van der Waals surface area contributed by atoms with Gasteiger partial charge in [0.25, 0.3) is 5.69 Å². The van der Waals surface area contributed by atoms with Crippen LogP contribution in [0.1, 0.15) is 11.3 Å². The van der Waals surface area contributed by atoms with Crippen LogP contribution in [0.4, 0.5) is 11.4 Å². The summed E-state index contributed by atoms with van der Waals surface area (Å²) < 4.78 is 7.23. The van der Waals surface area contributed by atoms with Crippen molar-refractivity contribution in [2.24, 2.45) is 4.99 Å². The first-order valence-electron chi connectivity index (χ1n) is 7.69. The van der Waals surface area contributed by atoms with Gasteiger partial charge in [-0.25, -0.2) is 0 Å². The summed E-state index contributed by atoms with van der Waals surface area (Å²) in [5.41, 5.74) is 3.57. The number of aryl methyl sites for hydroxylation is 1. The average Bonchev–Trinajstić information content (AvgIpc) is 3.01. The second-order valence-electron chi connectivity index (χ2n) is 5.52. The van der Waals surface area contributed by atoms with Crippen LogP contribution < -0.4 is 4.74 Å². The third kappa shape index (κ3) is 3.74. The Labute approximate surface area is 145 Å². The minimum Gasteiger partial charge on any atom is -0.497 e. The number of nitro groups is 1. The third-order valence-corrected chi connectivity index (χ3v) is 3.79. The van der Waals surface area contributed by atoms with Gasteiger partial charge in [0.1, 0.15) is 5.75 Å². The van der Waals surface area contributed by atoms with E-state index < -0.39 is 4.92 Å². The average molecular weight is 335 g/mol. The molecule has 0 saturated carbocycles. The summed E-state index contributed by atoms with van der Waals surface area (Å²) in [6.45, 7) is 2.01. The molecule has 0 amide bonds. The number of benzene rings is 2. The maximum Gasteiger partial charge on any atom is 0.271 e. The summed E-state index contributed by atoms with van der Waals surface area (Å²) in [5, 5.41) is 10.8. The maximum absolute atomic E-state index is 10.8. The SMILES string of the molecule is COc1ccc(-n2cc(C=Nc3cccc([N+](=O)[O-])c3)cc2C)cc1. The first-order valence-corrected chi connectivity index (χ1v) is 7.69. The van der Waals surface area contributed by atoms with E-state index in [-0.39, 0.29) is 5.69 Å². The van der Waals surface area contributed by atoms with Crippen molar-refractivity contribution in [3.63, 3.8) is 0 Å². The lowest BCUT2D eigenvalue weighted by molar-refractivity contribution is -0.384. The molecule has 1 aromatic heterocycles. The van der Waals surface area contributed by atoms with E-state index in [9.17, 15) is 10.1 Å². The standard InChI is InChI=1S/C19H17N3O3/c1-14-10-15(12-20-16-4-3-5-18(11-16)22(23)24)13-21(14)17-6-8-19(25-2)9-7-17/h3-13H,1-2H3. The summed E-state index contributed by atoms with van der Waals surface area (Å²) in [6.07, 6.45) is 3.67. The molecule has 0 aliphatic rings. The van der Waals surface area contributed by atoms with Gasteiger partial charge in [-0.05, 0) is 43.3 Å². The normalized spacial score (nSPS) is 11.0. The number of aromatic nitrogens is 1. The molecule has 0 aliphatic heterocycles. The van der Waals surface area contributed by atoms with E-state index in [1.165, 1.54) is 12.1 Å². The van der Waals surface area contributed by atoms with Crippen LogP contribution in [0.25, 0.3) is 5.69 Å². The Balaban J connectivity index is 1.84. The van der Waals surface area contributed by atoms with E-state index in [0.29, 0.717) is 5.69 Å². The number of hydrogen-bond acceptors (Lipinski definition) is 4. The lowest BCUT2D eigenvalue weighted by atomic mass is 10.3. The molecule has 6 heteroatoms. The van der Waals surface area contributed by atoms with Gasteiger partial charge in [0.2, 0.25) is 0 Å². The van der Waals surface area contributed by atoms with E-state index in [0.717, 1.165) is 22.7 Å². The Hall–Kier alpha value is -3.41. The topological polar surface area (TPSA) is 69.7 Å². The van der Waals surface area contributed by atoms with Gasteiger partial charge >= 0.3 is 0 Å². The number of rotatable bonds is 5. The maximum atomic E-state index is 10.8. The van der Waals surface area contributed by atoms with E-state index in [1.54, 1.807) is 25.5 Å². The minimum absolute atomic E-state index is 0.0293. The molecule has 6 nitrogen and oxygen atoms in total. The predicted molar refractivity (Wildman–Crippen MR) is 97.4 cm³/mol. The Bertz CT molecular complexity index is 927. The molecular formula is C19H17N3O3. The molecule has 3 rings (SSSR count). The predicted octanol–water partition coefficient (Wildman–Crippen LogP) is 4.45. The monoisotopic (exact) mass is 335 g/mol. The highest BCUT2D eigenvalue weighted by atomic mass is 16.6. The van der Waals surface area contributed by atoms with E-state index in [4.69, 9.17) is 4.74 Å². The van der Waals surface area contributed by atoms with Gasteiger partial charge in [0.05, 0.1) is 17.7 Å². The molecule has 0 saturated heterocycles. The van der Waals surface area contributed by atoms with Crippen molar-refractivity contribution in [3.8, 4) is 11.4 Å². The fourth-order valence-electron chi connectivity index (χ4n) is 2.53. The molecule has 0 spiro atoms. The van der Waals surface area contributed by atoms with E-state index >= 15 is 0 Å². The first-order chi connectivity index (χ1) is 12.1. The molecule has 0 radical (unpaired) electrons. The van der Waals surface area contributed by atoms with Crippen molar-refractivity contribution in [1.29, 1.82) is 0 Å². The molecule has 25 heavy (non-hydrogen) atoms. The number of methoxy groups -OCH3 is 1. The number of aliphatic imine (C=N–C) groups is 1. The summed E-state index contributed by atoms with van der Waals surface area (Å²) >= 11 is 0. The van der Waals surface area contributed by atoms with Crippen LogP contribution in [-0.2, 0) is 0 Å². The van der Waals surface area contributed by atoms with Crippen LogP contribution in [-0.4, -0.2) is 22.8 Å². The molecule has 0 aliphatic carbocycles. The van der Waals surface area contributed by atoms with Crippen LogP contribution >= 0.6 is 0 Å². The molecule has 0 bridgehead atoms. The van der Waals surface area contributed by atoms with Crippen LogP contribution in [0.3, 0.4) is 0 Å². The van der Waals surface area contributed by atoms with Gasteiger partial charge in [-0.3, -0.25) is 15.1 Å². The molecule has 1 heterocycles. The summed E-state index contributed by atoms with van der Waals surface area (Å²) in [5.74, 6) is 0.806. The quantitative estimate of drug-likeness (QED) is 0.393. The fraction of sp³-hybridized carbons (Fsp3) is 0.105. The minimum atomic E-state index is -0.427. The largest absolute Gasteiger partial charge is 0.497 e. The zero-order valence-electron chi connectivity index (χ0n) is 13.9. The molecule has 0 fully saturated rings. The van der Waals surface area contributed by atoms with Gasteiger partial charge < -0.3 is 9.30 Å². The number of non-ortho nitro benzene ring substituents is 1. The highest BCUT2D eigenvalue weighted by Crippen LogP contribution is 2.21. The van der Waals surface area contributed by atoms with Gasteiger partial charge in [0, 0.05) is 41.5 Å². The van der Waals surface area contributed by atoms with Crippen molar-refractivity contribution >= 4 is 17.6 Å². The van der Waals surface area contributed by atoms with E-state index in [2.05, 4.69) is 4.99 Å². The molecule has 3 aromatic rings. The molecular weight excluding hydrogens is 318 g/mol. The first kappa shape index (κ1) is 16.4. The molecule has 126 valence electrons. The number of ether oxygens (including phenoxy) is 1. The number of nitrogens with zero attached hydrogens (tertiary/aromatic N) is 3. The smallest absolute Gasteiger partial charge is 0.271 e. The Morgan fingerprint density at radius 2 is 1.92 bits per heavy atom. The lowest BCUT2D eigenvalue weighted by Gasteiger charge is -2.06. The van der Waals surface area contributed by atoms with Gasteiger partial charge in [-0.15, -0.1) is 0 Å². The van der Waals surface area contributed by atoms with E-state index in [1.807, 2.05) is 48.0 Å². The van der Waals surface area contributed by atoms with Crippen molar-refractivity contribution in [3.05, 3.63) is 82.2 Å². The highest BCUT2D eigenvalue weighted by molar-refractivity contribution is 5.82. The van der Waals surface area contributed by atoms with Gasteiger partial charge in [-0.1, -0.05) is 6.07 Å². The van der Waals surface area contributed by atoms with Gasteiger partial charge in [0.15, 0.2) is 0 Å². The van der Waals surface area contributed by atoms with Crippen molar-refractivity contribution in [1.82, 2.24) is 4.57 Å². The zero-order chi connectivity index (χ0) is 17.8. The van der Waals surface area contributed by atoms with Crippen LogP contribution in [0.5, 0.6) is 5.75 Å². The summed E-state index contributed by atoms with van der Waals surface area (Å²) in [7, 11) is 1.64. The van der Waals surface area contributed by atoms with Crippen molar-refractivity contribution < 1.29 is 9.66 Å².